The van der Waals surface area contributed by atoms with E-state index in [1.54, 1.807) is 0 Å². The third-order valence-corrected chi connectivity index (χ3v) is 3.32. The molecule has 0 aromatic heterocycles. The second-order valence-corrected chi connectivity index (χ2v) is 6.24. The van der Waals surface area contributed by atoms with Crippen molar-refractivity contribution in [1.29, 1.82) is 0 Å². The first-order valence-corrected chi connectivity index (χ1v) is 7.45. The quantitative estimate of drug-likeness (QED) is 0.629. The van der Waals surface area contributed by atoms with Gasteiger partial charge in [-0.3, -0.25) is 9.59 Å². The molecule has 0 aromatic carbocycles. The SMILES string of the molecule is CCCC(=O)C(C(C)C)C(C(=O)OC(C)C)C(C)C. The van der Waals surface area contributed by atoms with Crippen LogP contribution < -0.4 is 0 Å². The van der Waals surface area contributed by atoms with E-state index in [2.05, 4.69) is 0 Å². The molecular formula is C16H30O3. The van der Waals surface area contributed by atoms with E-state index >= 15 is 0 Å². The van der Waals surface area contributed by atoms with Crippen LogP contribution in [0.1, 0.15) is 61.3 Å². The minimum Gasteiger partial charge on any atom is -0.463 e. The lowest BCUT2D eigenvalue weighted by molar-refractivity contribution is -0.159. The Morgan fingerprint density at radius 3 is 1.68 bits per heavy atom. The van der Waals surface area contributed by atoms with Crippen LogP contribution in [0.3, 0.4) is 0 Å². The molecule has 3 nitrogen and oxygen atoms in total. The van der Waals surface area contributed by atoms with Crippen LogP contribution in [0.25, 0.3) is 0 Å². The van der Waals surface area contributed by atoms with Crippen molar-refractivity contribution in [3.63, 3.8) is 0 Å². The molecule has 0 aliphatic heterocycles. The Morgan fingerprint density at radius 2 is 1.37 bits per heavy atom. The van der Waals surface area contributed by atoms with Gasteiger partial charge in [0.1, 0.15) is 5.78 Å². The Bertz CT molecular complexity index is 292. The molecule has 0 radical (unpaired) electrons. The van der Waals surface area contributed by atoms with Crippen molar-refractivity contribution in [3.8, 4) is 0 Å². The molecule has 0 aliphatic rings. The summed E-state index contributed by atoms with van der Waals surface area (Å²) in [5.74, 6) is -0.330. The smallest absolute Gasteiger partial charge is 0.310 e. The van der Waals surface area contributed by atoms with Crippen LogP contribution in [-0.4, -0.2) is 17.9 Å². The second kappa shape index (κ2) is 8.34. The van der Waals surface area contributed by atoms with Gasteiger partial charge < -0.3 is 4.74 Å². The van der Waals surface area contributed by atoms with Gasteiger partial charge in [0.05, 0.1) is 12.0 Å². The minimum atomic E-state index is -0.332. The molecule has 0 fully saturated rings. The van der Waals surface area contributed by atoms with Crippen LogP contribution in [0.4, 0.5) is 0 Å². The van der Waals surface area contributed by atoms with E-state index < -0.39 is 0 Å². The van der Waals surface area contributed by atoms with Gasteiger partial charge in [-0.1, -0.05) is 34.6 Å². The highest BCUT2D eigenvalue weighted by molar-refractivity contribution is 5.87. The van der Waals surface area contributed by atoms with Crippen molar-refractivity contribution in [1.82, 2.24) is 0 Å². The molecule has 0 N–H and O–H groups in total. The summed E-state index contributed by atoms with van der Waals surface area (Å²) < 4.78 is 5.34. The fourth-order valence-corrected chi connectivity index (χ4v) is 2.54. The molecule has 0 saturated heterocycles. The van der Waals surface area contributed by atoms with Gasteiger partial charge in [0.25, 0.3) is 0 Å². The average Bonchev–Trinajstić information content (AvgIpc) is 2.23. The first kappa shape index (κ1) is 18.1. The maximum atomic E-state index is 12.3. The van der Waals surface area contributed by atoms with Gasteiger partial charge >= 0.3 is 5.97 Å². The number of ether oxygens (including phenoxy) is 1. The van der Waals surface area contributed by atoms with Crippen molar-refractivity contribution in [2.75, 3.05) is 0 Å². The van der Waals surface area contributed by atoms with E-state index in [1.165, 1.54) is 0 Å². The Morgan fingerprint density at radius 1 is 0.895 bits per heavy atom. The third kappa shape index (κ3) is 5.75. The number of esters is 1. The number of rotatable bonds is 8. The molecule has 0 spiro atoms. The predicted molar refractivity (Wildman–Crippen MR) is 77.8 cm³/mol. The van der Waals surface area contributed by atoms with Gasteiger partial charge in [-0.2, -0.15) is 0 Å². The van der Waals surface area contributed by atoms with E-state index in [-0.39, 0.29) is 41.5 Å². The fourth-order valence-electron chi connectivity index (χ4n) is 2.54. The monoisotopic (exact) mass is 270 g/mol. The summed E-state index contributed by atoms with van der Waals surface area (Å²) in [6.07, 6.45) is 1.23. The molecule has 2 unspecified atom stereocenters. The molecule has 0 aliphatic carbocycles. The molecular weight excluding hydrogens is 240 g/mol. The maximum absolute atomic E-state index is 12.3. The van der Waals surface area contributed by atoms with E-state index in [1.807, 2.05) is 48.5 Å². The number of ketones is 1. The van der Waals surface area contributed by atoms with Gasteiger partial charge in [0, 0.05) is 12.3 Å². The molecule has 112 valence electrons. The van der Waals surface area contributed by atoms with Crippen molar-refractivity contribution in [2.24, 2.45) is 23.7 Å². The van der Waals surface area contributed by atoms with Gasteiger partial charge in [-0.25, -0.2) is 0 Å². The first-order valence-electron chi connectivity index (χ1n) is 7.45. The van der Waals surface area contributed by atoms with Crippen LogP contribution >= 0.6 is 0 Å². The molecule has 0 heterocycles. The Kier molecular flexibility index (Phi) is 7.96. The largest absolute Gasteiger partial charge is 0.463 e. The van der Waals surface area contributed by atoms with Crippen molar-refractivity contribution in [3.05, 3.63) is 0 Å². The Balaban J connectivity index is 5.18. The maximum Gasteiger partial charge on any atom is 0.310 e. The zero-order valence-electron chi connectivity index (χ0n) is 13.5. The van der Waals surface area contributed by atoms with Crippen LogP contribution in [0.15, 0.2) is 0 Å². The Hall–Kier alpha value is -0.860. The first-order chi connectivity index (χ1) is 8.72. The molecule has 3 heteroatoms. The van der Waals surface area contributed by atoms with E-state index in [4.69, 9.17) is 4.74 Å². The summed E-state index contributed by atoms with van der Waals surface area (Å²) in [6, 6.07) is 0. The second-order valence-electron chi connectivity index (χ2n) is 6.24. The molecule has 0 bridgehead atoms. The highest BCUT2D eigenvalue weighted by Crippen LogP contribution is 2.31. The van der Waals surface area contributed by atoms with Gasteiger partial charge in [-0.05, 0) is 32.1 Å². The predicted octanol–water partition coefficient (Wildman–Crippen LogP) is 3.85. The van der Waals surface area contributed by atoms with Gasteiger partial charge in [0.15, 0.2) is 0 Å². The molecule has 19 heavy (non-hydrogen) atoms. The topological polar surface area (TPSA) is 43.4 Å². The van der Waals surface area contributed by atoms with Crippen molar-refractivity contribution >= 4 is 11.8 Å². The third-order valence-electron chi connectivity index (χ3n) is 3.32. The lowest BCUT2D eigenvalue weighted by Crippen LogP contribution is -2.38. The summed E-state index contributed by atoms with van der Waals surface area (Å²) in [4.78, 5) is 24.6. The fraction of sp³-hybridized carbons (Fsp3) is 0.875. The molecule has 0 amide bonds. The van der Waals surface area contributed by atoms with Gasteiger partial charge in [0.2, 0.25) is 0 Å². The summed E-state index contributed by atoms with van der Waals surface area (Å²) >= 11 is 0. The van der Waals surface area contributed by atoms with Crippen molar-refractivity contribution in [2.45, 2.75) is 67.4 Å². The lowest BCUT2D eigenvalue weighted by atomic mass is 9.74. The average molecular weight is 270 g/mol. The summed E-state index contributed by atoms with van der Waals surface area (Å²) in [7, 11) is 0. The van der Waals surface area contributed by atoms with E-state index in [0.29, 0.717) is 6.42 Å². The lowest BCUT2D eigenvalue weighted by Gasteiger charge is -2.31. The number of Topliss-reactive ketones (excluding diaryl/α,β-unsaturated/α-hetero) is 1. The minimum absolute atomic E-state index is 0.111. The molecule has 0 aromatic rings. The number of hydrogen-bond acceptors (Lipinski definition) is 3. The molecule has 2 atom stereocenters. The van der Waals surface area contributed by atoms with E-state index in [0.717, 1.165) is 6.42 Å². The summed E-state index contributed by atoms with van der Waals surface area (Å²) in [5, 5.41) is 0. The van der Waals surface area contributed by atoms with Crippen LogP contribution in [0, 0.1) is 23.7 Å². The van der Waals surface area contributed by atoms with Crippen LogP contribution in [0.5, 0.6) is 0 Å². The van der Waals surface area contributed by atoms with Crippen LogP contribution in [-0.2, 0) is 14.3 Å². The van der Waals surface area contributed by atoms with Gasteiger partial charge in [-0.15, -0.1) is 0 Å². The Labute approximate surface area is 118 Å². The number of hydrogen-bond donors (Lipinski definition) is 0. The summed E-state index contributed by atoms with van der Waals surface area (Å²) in [5.41, 5.74) is 0. The molecule has 0 rings (SSSR count). The molecule has 0 saturated carbocycles. The van der Waals surface area contributed by atoms with E-state index in [9.17, 15) is 9.59 Å². The summed E-state index contributed by atoms with van der Waals surface area (Å²) in [6.45, 7) is 13.7. The zero-order valence-corrected chi connectivity index (χ0v) is 13.5. The standard InChI is InChI=1S/C16H30O3/c1-8-9-13(17)14(10(2)3)15(11(4)5)16(18)19-12(6)7/h10-12,14-15H,8-9H2,1-7H3. The number of carbonyl (C=O) groups is 2. The van der Waals surface area contributed by atoms with Crippen molar-refractivity contribution < 1.29 is 14.3 Å². The zero-order chi connectivity index (χ0) is 15.2. The number of carbonyl (C=O) groups excluding carboxylic acids is 2. The highest BCUT2D eigenvalue weighted by Gasteiger charge is 2.38. The van der Waals surface area contributed by atoms with Crippen LogP contribution in [0.2, 0.25) is 0 Å². The highest BCUT2D eigenvalue weighted by atomic mass is 16.5. The normalized spacial score (nSPS) is 14.8.